The quantitative estimate of drug-likeness (QED) is 0.472. The maximum absolute atomic E-state index is 11.8. The van der Waals surface area contributed by atoms with Gasteiger partial charge in [0.2, 0.25) is 5.91 Å². The van der Waals surface area contributed by atoms with E-state index in [4.69, 9.17) is 17.3 Å². The number of carbonyl (C=O) groups is 1. The fraction of sp³-hybridized carbons (Fsp3) is 0.438. The molecular formula is C16H21ClN2OS. The highest BCUT2D eigenvalue weighted by Gasteiger charge is 2.07. The van der Waals surface area contributed by atoms with E-state index in [9.17, 15) is 4.79 Å². The molecule has 0 saturated heterocycles. The minimum atomic E-state index is 0.0369. The Hall–Kier alpha value is -1.13. The standard InChI is InChI=1S/C16H21ClN2OS/c17-14-7-6-13(18)10-15(14)21-11-16(20)19-9-8-12-4-2-1-3-5-12/h4,6-7,10H,1-3,5,8-9,11,18H2,(H,19,20). The molecule has 1 aromatic rings. The molecule has 5 heteroatoms. The summed E-state index contributed by atoms with van der Waals surface area (Å²) in [6.45, 7) is 0.718. The zero-order valence-corrected chi connectivity index (χ0v) is 13.6. The summed E-state index contributed by atoms with van der Waals surface area (Å²) in [6, 6.07) is 5.31. The van der Waals surface area contributed by atoms with Gasteiger partial charge in [0.05, 0.1) is 10.8 Å². The first kappa shape index (κ1) is 16.2. The fourth-order valence-electron chi connectivity index (χ4n) is 2.32. The van der Waals surface area contributed by atoms with Gasteiger partial charge in [-0.3, -0.25) is 4.79 Å². The lowest BCUT2D eigenvalue weighted by Crippen LogP contribution is -2.26. The van der Waals surface area contributed by atoms with Crippen molar-refractivity contribution in [1.29, 1.82) is 0 Å². The zero-order valence-electron chi connectivity index (χ0n) is 12.0. The minimum absolute atomic E-state index is 0.0369. The lowest BCUT2D eigenvalue weighted by atomic mass is 9.97. The Bertz CT molecular complexity index is 531. The van der Waals surface area contributed by atoms with Crippen LogP contribution in [0.1, 0.15) is 32.1 Å². The van der Waals surface area contributed by atoms with Gasteiger partial charge in [0.15, 0.2) is 0 Å². The summed E-state index contributed by atoms with van der Waals surface area (Å²) in [5.74, 6) is 0.400. The third-order valence-electron chi connectivity index (χ3n) is 3.47. The van der Waals surface area contributed by atoms with Crippen LogP contribution in [0.5, 0.6) is 0 Å². The number of halogens is 1. The number of anilines is 1. The average molecular weight is 325 g/mol. The smallest absolute Gasteiger partial charge is 0.230 e. The van der Waals surface area contributed by atoms with Crippen LogP contribution in [0.15, 0.2) is 34.7 Å². The molecule has 0 radical (unpaired) electrons. The molecule has 0 atom stereocenters. The Labute approximate surface area is 135 Å². The molecule has 114 valence electrons. The lowest BCUT2D eigenvalue weighted by molar-refractivity contribution is -0.118. The largest absolute Gasteiger partial charge is 0.399 e. The highest BCUT2D eigenvalue weighted by Crippen LogP contribution is 2.28. The van der Waals surface area contributed by atoms with Crippen LogP contribution < -0.4 is 11.1 Å². The van der Waals surface area contributed by atoms with Gasteiger partial charge in [0, 0.05) is 17.1 Å². The van der Waals surface area contributed by atoms with Gasteiger partial charge in [0.1, 0.15) is 0 Å². The molecule has 0 heterocycles. The number of nitrogens with one attached hydrogen (secondary N) is 1. The number of rotatable bonds is 6. The van der Waals surface area contributed by atoms with Crippen LogP contribution in [-0.4, -0.2) is 18.2 Å². The maximum Gasteiger partial charge on any atom is 0.230 e. The lowest BCUT2D eigenvalue weighted by Gasteiger charge is -2.13. The van der Waals surface area contributed by atoms with Gasteiger partial charge in [-0.1, -0.05) is 23.3 Å². The van der Waals surface area contributed by atoms with E-state index in [1.807, 2.05) is 0 Å². The van der Waals surface area contributed by atoms with Gasteiger partial charge < -0.3 is 11.1 Å². The van der Waals surface area contributed by atoms with E-state index in [0.717, 1.165) is 17.9 Å². The van der Waals surface area contributed by atoms with Crippen LogP contribution >= 0.6 is 23.4 Å². The predicted molar refractivity (Wildman–Crippen MR) is 90.8 cm³/mol. The molecule has 0 aromatic heterocycles. The van der Waals surface area contributed by atoms with E-state index in [-0.39, 0.29) is 5.91 Å². The van der Waals surface area contributed by atoms with Gasteiger partial charge in [-0.25, -0.2) is 0 Å². The van der Waals surface area contributed by atoms with Crippen molar-refractivity contribution < 1.29 is 4.79 Å². The molecule has 0 aliphatic heterocycles. The molecule has 3 N–H and O–H groups in total. The molecule has 2 rings (SSSR count). The first-order valence-corrected chi connectivity index (χ1v) is 8.64. The van der Waals surface area contributed by atoms with Crippen molar-refractivity contribution in [2.24, 2.45) is 0 Å². The normalized spacial score (nSPS) is 14.6. The monoisotopic (exact) mass is 324 g/mol. The van der Waals surface area contributed by atoms with Gasteiger partial charge in [-0.05, 0) is 50.3 Å². The molecule has 1 aromatic carbocycles. The summed E-state index contributed by atoms with van der Waals surface area (Å²) < 4.78 is 0. The molecule has 0 fully saturated rings. The van der Waals surface area contributed by atoms with Gasteiger partial charge >= 0.3 is 0 Å². The summed E-state index contributed by atoms with van der Waals surface area (Å²) in [5.41, 5.74) is 7.86. The van der Waals surface area contributed by atoms with Crippen molar-refractivity contribution in [2.45, 2.75) is 37.0 Å². The molecule has 0 unspecified atom stereocenters. The second-order valence-corrected chi connectivity index (χ2v) is 6.61. The van der Waals surface area contributed by atoms with Crippen molar-refractivity contribution in [3.63, 3.8) is 0 Å². The van der Waals surface area contributed by atoms with Crippen molar-refractivity contribution in [3.8, 4) is 0 Å². The number of hydrogen-bond donors (Lipinski definition) is 2. The van der Waals surface area contributed by atoms with Crippen molar-refractivity contribution in [2.75, 3.05) is 18.0 Å². The number of amides is 1. The van der Waals surface area contributed by atoms with Crippen LogP contribution in [-0.2, 0) is 4.79 Å². The van der Waals surface area contributed by atoms with E-state index < -0.39 is 0 Å². The molecule has 1 aliphatic rings. The Balaban J connectivity index is 1.69. The average Bonchev–Trinajstić information content (AvgIpc) is 2.49. The van der Waals surface area contributed by atoms with E-state index in [0.29, 0.717) is 16.5 Å². The Morgan fingerprint density at radius 2 is 2.24 bits per heavy atom. The van der Waals surface area contributed by atoms with Crippen LogP contribution in [0.3, 0.4) is 0 Å². The van der Waals surface area contributed by atoms with Crippen molar-refractivity contribution in [3.05, 3.63) is 34.9 Å². The van der Waals surface area contributed by atoms with E-state index in [2.05, 4.69) is 11.4 Å². The van der Waals surface area contributed by atoms with Crippen LogP contribution in [0, 0.1) is 0 Å². The molecule has 0 bridgehead atoms. The van der Waals surface area contributed by atoms with Crippen LogP contribution in [0.2, 0.25) is 5.02 Å². The maximum atomic E-state index is 11.8. The summed E-state index contributed by atoms with van der Waals surface area (Å²) in [4.78, 5) is 12.7. The topological polar surface area (TPSA) is 55.1 Å². The van der Waals surface area contributed by atoms with E-state index in [1.165, 1.54) is 43.0 Å². The molecule has 0 saturated carbocycles. The summed E-state index contributed by atoms with van der Waals surface area (Å²) in [5, 5.41) is 3.59. The molecule has 0 spiro atoms. The van der Waals surface area contributed by atoms with E-state index in [1.54, 1.807) is 18.2 Å². The summed E-state index contributed by atoms with van der Waals surface area (Å²) >= 11 is 7.49. The SMILES string of the molecule is Nc1ccc(Cl)c(SCC(=O)NCCC2=CCCCC2)c1. The highest BCUT2D eigenvalue weighted by molar-refractivity contribution is 8.00. The van der Waals surface area contributed by atoms with Crippen molar-refractivity contribution >= 4 is 35.0 Å². The number of allylic oxidation sites excluding steroid dienone is 1. The first-order valence-electron chi connectivity index (χ1n) is 7.27. The first-order chi connectivity index (χ1) is 10.1. The molecule has 3 nitrogen and oxygen atoms in total. The van der Waals surface area contributed by atoms with Gasteiger partial charge in [-0.2, -0.15) is 0 Å². The number of carbonyl (C=O) groups excluding carboxylic acids is 1. The number of thioether (sulfide) groups is 1. The Morgan fingerprint density at radius 1 is 1.38 bits per heavy atom. The van der Waals surface area contributed by atoms with E-state index >= 15 is 0 Å². The summed E-state index contributed by atoms with van der Waals surface area (Å²) in [6.07, 6.45) is 8.24. The molecular weight excluding hydrogens is 304 g/mol. The molecule has 1 amide bonds. The second kappa shape index (κ2) is 8.35. The van der Waals surface area contributed by atoms with Gasteiger partial charge in [-0.15, -0.1) is 11.8 Å². The minimum Gasteiger partial charge on any atom is -0.399 e. The van der Waals surface area contributed by atoms with Crippen LogP contribution in [0.4, 0.5) is 5.69 Å². The molecule has 1 aliphatic carbocycles. The predicted octanol–water partition coefficient (Wildman–Crippen LogP) is 4.02. The third kappa shape index (κ3) is 5.64. The number of nitrogen functional groups attached to an aromatic ring is 1. The number of hydrogen-bond acceptors (Lipinski definition) is 3. The van der Waals surface area contributed by atoms with Crippen LogP contribution in [0.25, 0.3) is 0 Å². The number of benzene rings is 1. The zero-order chi connectivity index (χ0) is 15.1. The van der Waals surface area contributed by atoms with Crippen molar-refractivity contribution in [1.82, 2.24) is 5.32 Å². The summed E-state index contributed by atoms with van der Waals surface area (Å²) in [7, 11) is 0. The molecule has 21 heavy (non-hydrogen) atoms. The second-order valence-electron chi connectivity index (χ2n) is 5.19. The number of nitrogens with two attached hydrogens (primary N) is 1. The highest BCUT2D eigenvalue weighted by atomic mass is 35.5. The Kier molecular flexibility index (Phi) is 6.46. The Morgan fingerprint density at radius 3 is 3.00 bits per heavy atom. The third-order valence-corrected chi connectivity index (χ3v) is 4.96. The fourth-order valence-corrected chi connectivity index (χ4v) is 3.41. The van der Waals surface area contributed by atoms with Gasteiger partial charge in [0.25, 0.3) is 0 Å².